The molecule has 1 aromatic carbocycles. The number of rotatable bonds is 5. The number of alkyl halides is 2. The average Bonchev–Trinajstić information content (AvgIpc) is 3.24. The van der Waals surface area contributed by atoms with Crippen LogP contribution >= 0.6 is 0 Å². The van der Waals surface area contributed by atoms with E-state index in [0.717, 1.165) is 25.9 Å². The standard InChI is InChI=1S/C25H33F2N7O/c1-25(2,3)33-10-8-17(9-11-33)28-24-30-20(32-12-14-35-15-13-32)16-21(31-24)34-19-7-5-4-6-18(19)29-23(34)22(26)27/h4-7,16-17,22H,8-15H2,1-3H3,(H,28,30,31). The first kappa shape index (κ1) is 23.9. The van der Waals surface area contributed by atoms with E-state index < -0.39 is 6.43 Å². The van der Waals surface area contributed by atoms with Crippen LogP contribution in [0.4, 0.5) is 20.5 Å². The highest BCUT2D eigenvalue weighted by molar-refractivity contribution is 5.78. The van der Waals surface area contributed by atoms with Crippen LogP contribution in [0.1, 0.15) is 45.9 Å². The van der Waals surface area contributed by atoms with Crippen molar-refractivity contribution in [1.29, 1.82) is 0 Å². The van der Waals surface area contributed by atoms with Crippen LogP contribution in [0.3, 0.4) is 0 Å². The summed E-state index contributed by atoms with van der Waals surface area (Å²) in [5, 5.41) is 3.50. The third kappa shape index (κ3) is 5.08. The molecule has 0 spiro atoms. The number of para-hydroxylation sites is 2. The molecule has 188 valence electrons. The van der Waals surface area contributed by atoms with Crippen LogP contribution in [-0.4, -0.2) is 75.4 Å². The van der Waals surface area contributed by atoms with E-state index >= 15 is 0 Å². The lowest BCUT2D eigenvalue weighted by atomic mass is 9.98. The molecule has 2 saturated heterocycles. The van der Waals surface area contributed by atoms with Gasteiger partial charge >= 0.3 is 0 Å². The van der Waals surface area contributed by atoms with Gasteiger partial charge in [-0.25, -0.2) is 13.8 Å². The van der Waals surface area contributed by atoms with Gasteiger partial charge in [-0.2, -0.15) is 9.97 Å². The predicted octanol–water partition coefficient (Wildman–Crippen LogP) is 4.26. The number of hydrogen-bond acceptors (Lipinski definition) is 7. The van der Waals surface area contributed by atoms with Gasteiger partial charge in [0, 0.05) is 43.8 Å². The van der Waals surface area contributed by atoms with Gasteiger partial charge in [0.15, 0.2) is 5.82 Å². The molecule has 0 bridgehead atoms. The van der Waals surface area contributed by atoms with Crippen LogP contribution < -0.4 is 10.2 Å². The Labute approximate surface area is 204 Å². The van der Waals surface area contributed by atoms with Gasteiger partial charge in [0.2, 0.25) is 5.95 Å². The van der Waals surface area contributed by atoms with Crippen molar-refractivity contribution in [2.75, 3.05) is 49.6 Å². The summed E-state index contributed by atoms with van der Waals surface area (Å²) in [7, 11) is 0. The molecule has 2 aliphatic heterocycles. The Balaban J connectivity index is 1.51. The van der Waals surface area contributed by atoms with Crippen molar-refractivity contribution in [3.63, 3.8) is 0 Å². The summed E-state index contributed by atoms with van der Waals surface area (Å²) in [6.45, 7) is 11.2. The van der Waals surface area contributed by atoms with Gasteiger partial charge < -0.3 is 15.0 Å². The van der Waals surface area contributed by atoms with E-state index in [1.54, 1.807) is 24.3 Å². The summed E-state index contributed by atoms with van der Waals surface area (Å²) < 4.78 is 35.0. The summed E-state index contributed by atoms with van der Waals surface area (Å²) in [5.74, 6) is 1.23. The molecule has 0 saturated carbocycles. The fourth-order valence-electron chi connectivity index (χ4n) is 4.86. The fourth-order valence-corrected chi connectivity index (χ4v) is 4.86. The molecule has 1 N–H and O–H groups in total. The summed E-state index contributed by atoms with van der Waals surface area (Å²) in [5.41, 5.74) is 1.25. The van der Waals surface area contributed by atoms with Crippen LogP contribution in [0.15, 0.2) is 30.3 Å². The van der Waals surface area contributed by atoms with Crippen molar-refractivity contribution in [3.8, 4) is 5.82 Å². The van der Waals surface area contributed by atoms with Gasteiger partial charge in [-0.3, -0.25) is 9.47 Å². The maximum atomic E-state index is 14.0. The molecule has 0 aliphatic carbocycles. The maximum absolute atomic E-state index is 14.0. The van der Waals surface area contributed by atoms with Crippen molar-refractivity contribution in [3.05, 3.63) is 36.2 Å². The monoisotopic (exact) mass is 485 g/mol. The molecule has 3 aromatic rings. The van der Waals surface area contributed by atoms with Gasteiger partial charge in [0.05, 0.1) is 24.2 Å². The highest BCUT2D eigenvalue weighted by atomic mass is 19.3. The third-order valence-corrected chi connectivity index (χ3v) is 6.82. The Bertz CT molecular complexity index is 1160. The number of aromatic nitrogens is 4. The fraction of sp³-hybridized carbons (Fsp3) is 0.560. The number of hydrogen-bond donors (Lipinski definition) is 1. The lowest BCUT2D eigenvalue weighted by Gasteiger charge is -2.41. The van der Waals surface area contributed by atoms with Crippen molar-refractivity contribution in [2.45, 2.75) is 51.6 Å². The Morgan fingerprint density at radius 1 is 0.971 bits per heavy atom. The number of nitrogens with one attached hydrogen (secondary N) is 1. The van der Waals surface area contributed by atoms with E-state index in [2.05, 4.69) is 40.9 Å². The van der Waals surface area contributed by atoms with Crippen LogP contribution in [-0.2, 0) is 4.74 Å². The normalized spacial score (nSPS) is 18.5. The molecule has 5 rings (SSSR count). The summed E-state index contributed by atoms with van der Waals surface area (Å²) in [6.07, 6.45) is -0.801. The van der Waals surface area contributed by atoms with Crippen LogP contribution in [0.2, 0.25) is 0 Å². The van der Waals surface area contributed by atoms with Crippen molar-refractivity contribution < 1.29 is 13.5 Å². The number of benzene rings is 1. The van der Waals surface area contributed by atoms with Gasteiger partial charge in [0.25, 0.3) is 6.43 Å². The van der Waals surface area contributed by atoms with Crippen LogP contribution in [0.5, 0.6) is 0 Å². The van der Waals surface area contributed by atoms with Crippen molar-refractivity contribution >= 4 is 22.8 Å². The minimum Gasteiger partial charge on any atom is -0.378 e. The summed E-state index contributed by atoms with van der Waals surface area (Å²) in [6, 6.07) is 9.14. The minimum absolute atomic E-state index is 0.138. The second-order valence-electron chi connectivity index (χ2n) is 10.2. The smallest absolute Gasteiger partial charge is 0.296 e. The largest absolute Gasteiger partial charge is 0.378 e. The number of ether oxygens (including phenoxy) is 1. The van der Waals surface area contributed by atoms with Gasteiger partial charge in [-0.05, 0) is 45.7 Å². The van der Waals surface area contributed by atoms with E-state index in [4.69, 9.17) is 14.7 Å². The van der Waals surface area contributed by atoms with E-state index in [1.807, 2.05) is 6.07 Å². The zero-order chi connectivity index (χ0) is 24.6. The molecular formula is C25H33F2N7O. The quantitative estimate of drug-likeness (QED) is 0.579. The first-order chi connectivity index (χ1) is 16.8. The van der Waals surface area contributed by atoms with Gasteiger partial charge in [0.1, 0.15) is 11.6 Å². The number of fused-ring (bicyclic) bond motifs is 1. The van der Waals surface area contributed by atoms with Gasteiger partial charge in [-0.15, -0.1) is 0 Å². The number of morpholine rings is 1. The number of likely N-dealkylation sites (tertiary alicyclic amines) is 1. The first-order valence-corrected chi connectivity index (χ1v) is 12.3. The summed E-state index contributed by atoms with van der Waals surface area (Å²) >= 11 is 0. The molecule has 35 heavy (non-hydrogen) atoms. The minimum atomic E-state index is -2.73. The lowest BCUT2D eigenvalue weighted by Crippen LogP contribution is -2.48. The number of anilines is 2. The topological polar surface area (TPSA) is 71.3 Å². The molecule has 0 amide bonds. The second kappa shape index (κ2) is 9.66. The Morgan fingerprint density at radius 2 is 1.66 bits per heavy atom. The van der Waals surface area contributed by atoms with Crippen LogP contribution in [0, 0.1) is 0 Å². The van der Waals surface area contributed by atoms with Crippen LogP contribution in [0.25, 0.3) is 16.9 Å². The number of imidazole rings is 1. The Morgan fingerprint density at radius 3 is 2.34 bits per heavy atom. The molecular weight excluding hydrogens is 452 g/mol. The Hall–Kier alpha value is -2.85. The molecule has 0 atom stereocenters. The molecule has 2 aliphatic rings. The van der Waals surface area contributed by atoms with E-state index in [1.165, 1.54) is 4.57 Å². The number of halogens is 2. The zero-order valence-corrected chi connectivity index (χ0v) is 20.5. The molecule has 10 heteroatoms. The number of piperidine rings is 1. The second-order valence-corrected chi connectivity index (χ2v) is 10.2. The third-order valence-electron chi connectivity index (χ3n) is 6.82. The van der Waals surface area contributed by atoms with E-state index in [0.29, 0.717) is 54.9 Å². The Kier molecular flexibility index (Phi) is 6.59. The highest BCUT2D eigenvalue weighted by Gasteiger charge is 2.28. The van der Waals surface area contributed by atoms with Crippen molar-refractivity contribution in [1.82, 2.24) is 24.4 Å². The molecule has 0 radical (unpaired) electrons. The van der Waals surface area contributed by atoms with E-state index in [9.17, 15) is 8.78 Å². The molecule has 2 fully saturated rings. The highest BCUT2D eigenvalue weighted by Crippen LogP contribution is 2.30. The maximum Gasteiger partial charge on any atom is 0.296 e. The average molecular weight is 486 g/mol. The molecule has 2 aromatic heterocycles. The first-order valence-electron chi connectivity index (χ1n) is 12.3. The van der Waals surface area contributed by atoms with Gasteiger partial charge in [-0.1, -0.05) is 12.1 Å². The predicted molar refractivity (Wildman–Crippen MR) is 133 cm³/mol. The molecule has 0 unspecified atom stereocenters. The number of nitrogens with zero attached hydrogens (tertiary/aromatic N) is 6. The summed E-state index contributed by atoms with van der Waals surface area (Å²) in [4.78, 5) is 18.3. The molecule has 4 heterocycles. The van der Waals surface area contributed by atoms with Crippen molar-refractivity contribution in [2.24, 2.45) is 0 Å². The lowest BCUT2D eigenvalue weighted by molar-refractivity contribution is 0.106. The van der Waals surface area contributed by atoms with E-state index in [-0.39, 0.29) is 17.4 Å². The molecule has 8 nitrogen and oxygen atoms in total. The SMILES string of the molecule is CC(C)(C)N1CCC(Nc2nc(N3CCOCC3)cc(-n3c(C(F)F)nc4ccccc43)n2)CC1. The zero-order valence-electron chi connectivity index (χ0n) is 20.5.